The number of benzene rings is 1. The Balaban J connectivity index is 0.00000220. The lowest BCUT2D eigenvalue weighted by atomic mass is 9.93. The lowest BCUT2D eigenvalue weighted by Gasteiger charge is -2.22. The topological polar surface area (TPSA) is 50.4 Å². The van der Waals surface area contributed by atoms with Crippen LogP contribution in [0.4, 0.5) is 5.69 Å². The Labute approximate surface area is 137 Å². The number of carbonyl (C=O) groups is 1. The molecule has 0 saturated carbocycles. The minimum Gasteiger partial charge on any atom is -0.495 e. The molecule has 2 N–H and O–H groups in total. The van der Waals surface area contributed by atoms with Gasteiger partial charge in [-0.1, -0.05) is 11.6 Å². The highest BCUT2D eigenvalue weighted by Gasteiger charge is 2.14. The number of anilines is 1. The van der Waals surface area contributed by atoms with Crippen LogP contribution in [0.15, 0.2) is 18.2 Å². The Morgan fingerprint density at radius 3 is 2.76 bits per heavy atom. The second kappa shape index (κ2) is 9.13. The Morgan fingerprint density at radius 2 is 2.14 bits per heavy atom. The lowest BCUT2D eigenvalue weighted by molar-refractivity contribution is -0.116. The maximum absolute atomic E-state index is 11.9. The fourth-order valence-corrected chi connectivity index (χ4v) is 2.73. The van der Waals surface area contributed by atoms with Gasteiger partial charge in [0.15, 0.2) is 0 Å². The SMILES string of the molecule is COc1ccc(NC(=O)CCC2CCNCC2)cc1Cl.Cl. The summed E-state index contributed by atoms with van der Waals surface area (Å²) < 4.78 is 5.08. The zero-order valence-corrected chi connectivity index (χ0v) is 13.7. The van der Waals surface area contributed by atoms with Crippen LogP contribution in [0.1, 0.15) is 25.7 Å². The van der Waals surface area contributed by atoms with Crippen molar-refractivity contribution >= 4 is 35.6 Å². The first-order valence-corrected chi connectivity index (χ1v) is 7.41. The van der Waals surface area contributed by atoms with Crippen LogP contribution in [0.5, 0.6) is 5.75 Å². The summed E-state index contributed by atoms with van der Waals surface area (Å²) in [7, 11) is 1.57. The smallest absolute Gasteiger partial charge is 0.224 e. The van der Waals surface area contributed by atoms with Gasteiger partial charge in [0.05, 0.1) is 12.1 Å². The van der Waals surface area contributed by atoms with Gasteiger partial charge >= 0.3 is 0 Å². The van der Waals surface area contributed by atoms with Gasteiger partial charge in [0, 0.05) is 12.1 Å². The van der Waals surface area contributed by atoms with E-state index in [2.05, 4.69) is 10.6 Å². The molecule has 4 nitrogen and oxygen atoms in total. The molecule has 0 unspecified atom stereocenters. The Bertz CT molecular complexity index is 463. The lowest BCUT2D eigenvalue weighted by Crippen LogP contribution is -2.28. The molecule has 1 heterocycles. The summed E-state index contributed by atoms with van der Waals surface area (Å²) in [6.07, 6.45) is 3.86. The van der Waals surface area contributed by atoms with E-state index in [0.717, 1.165) is 19.5 Å². The van der Waals surface area contributed by atoms with Gasteiger partial charge in [-0.3, -0.25) is 4.79 Å². The molecule has 21 heavy (non-hydrogen) atoms. The van der Waals surface area contributed by atoms with Crippen LogP contribution in [0.3, 0.4) is 0 Å². The second-order valence-corrected chi connectivity index (χ2v) is 5.54. The van der Waals surface area contributed by atoms with E-state index in [1.165, 1.54) is 12.8 Å². The van der Waals surface area contributed by atoms with E-state index in [1.54, 1.807) is 25.3 Å². The molecule has 6 heteroatoms. The number of ether oxygens (including phenoxy) is 1. The van der Waals surface area contributed by atoms with E-state index < -0.39 is 0 Å². The van der Waals surface area contributed by atoms with Crippen LogP contribution in [0.25, 0.3) is 0 Å². The highest BCUT2D eigenvalue weighted by molar-refractivity contribution is 6.32. The minimum atomic E-state index is 0. The highest BCUT2D eigenvalue weighted by atomic mass is 35.5. The van der Waals surface area contributed by atoms with Gasteiger partial charge in [-0.25, -0.2) is 0 Å². The van der Waals surface area contributed by atoms with Crippen molar-refractivity contribution in [1.29, 1.82) is 0 Å². The van der Waals surface area contributed by atoms with Crippen LogP contribution < -0.4 is 15.4 Å². The van der Waals surface area contributed by atoms with E-state index in [-0.39, 0.29) is 18.3 Å². The molecule has 1 fully saturated rings. The van der Waals surface area contributed by atoms with E-state index in [9.17, 15) is 4.79 Å². The third-order valence-electron chi connectivity index (χ3n) is 3.67. The fraction of sp³-hybridized carbons (Fsp3) is 0.533. The third-order valence-corrected chi connectivity index (χ3v) is 3.97. The van der Waals surface area contributed by atoms with Crippen LogP contribution in [-0.2, 0) is 4.79 Å². The minimum absolute atomic E-state index is 0. The summed E-state index contributed by atoms with van der Waals surface area (Å²) >= 11 is 6.03. The summed E-state index contributed by atoms with van der Waals surface area (Å²) in [5.74, 6) is 1.32. The van der Waals surface area contributed by atoms with Crippen molar-refractivity contribution in [1.82, 2.24) is 5.32 Å². The fourth-order valence-electron chi connectivity index (χ4n) is 2.47. The number of halogens is 2. The summed E-state index contributed by atoms with van der Waals surface area (Å²) in [6.45, 7) is 2.14. The van der Waals surface area contributed by atoms with Gasteiger partial charge in [-0.2, -0.15) is 0 Å². The van der Waals surface area contributed by atoms with Crippen LogP contribution in [-0.4, -0.2) is 26.1 Å². The monoisotopic (exact) mass is 332 g/mol. The Hall–Kier alpha value is -0.970. The predicted molar refractivity (Wildman–Crippen MR) is 88.7 cm³/mol. The average molecular weight is 333 g/mol. The van der Waals surface area contributed by atoms with Crippen molar-refractivity contribution in [2.45, 2.75) is 25.7 Å². The van der Waals surface area contributed by atoms with Crippen molar-refractivity contribution in [2.75, 3.05) is 25.5 Å². The molecule has 1 saturated heterocycles. The molecule has 0 atom stereocenters. The average Bonchev–Trinajstić information content (AvgIpc) is 2.46. The molecular weight excluding hydrogens is 311 g/mol. The van der Waals surface area contributed by atoms with Gasteiger partial charge in [-0.15, -0.1) is 12.4 Å². The van der Waals surface area contributed by atoms with Crippen LogP contribution in [0.2, 0.25) is 5.02 Å². The highest BCUT2D eigenvalue weighted by Crippen LogP contribution is 2.27. The standard InChI is InChI=1S/C15H21ClN2O2.ClH/c1-20-14-4-3-12(10-13(14)16)18-15(19)5-2-11-6-8-17-9-7-11;/h3-4,10-11,17H,2,5-9H2,1H3,(H,18,19);1H. The molecule has 0 aliphatic carbocycles. The largest absolute Gasteiger partial charge is 0.495 e. The maximum atomic E-state index is 11.9. The van der Waals surface area contributed by atoms with Gasteiger partial charge in [-0.05, 0) is 56.5 Å². The van der Waals surface area contributed by atoms with Crippen molar-refractivity contribution < 1.29 is 9.53 Å². The Kier molecular flexibility index (Phi) is 7.86. The summed E-state index contributed by atoms with van der Waals surface area (Å²) in [4.78, 5) is 11.9. The first-order chi connectivity index (χ1) is 9.69. The quantitative estimate of drug-likeness (QED) is 0.867. The molecule has 1 aliphatic heterocycles. The second-order valence-electron chi connectivity index (χ2n) is 5.13. The number of nitrogens with one attached hydrogen (secondary N) is 2. The van der Waals surface area contributed by atoms with E-state index in [1.807, 2.05) is 0 Å². The number of rotatable bonds is 5. The molecule has 0 aromatic heterocycles. The molecule has 1 aromatic carbocycles. The first-order valence-electron chi connectivity index (χ1n) is 7.03. The van der Waals surface area contributed by atoms with Gasteiger partial charge < -0.3 is 15.4 Å². The molecule has 0 radical (unpaired) electrons. The summed E-state index contributed by atoms with van der Waals surface area (Å²) in [5, 5.41) is 6.71. The predicted octanol–water partition coefficient (Wildman–Crippen LogP) is 3.49. The van der Waals surface area contributed by atoms with E-state index in [0.29, 0.717) is 28.8 Å². The molecule has 1 amide bonds. The zero-order chi connectivity index (χ0) is 14.4. The zero-order valence-electron chi connectivity index (χ0n) is 12.2. The molecular formula is C15H22Cl2N2O2. The molecule has 118 valence electrons. The van der Waals surface area contributed by atoms with Crippen LogP contribution in [0, 0.1) is 5.92 Å². The van der Waals surface area contributed by atoms with E-state index >= 15 is 0 Å². The normalized spacial score (nSPS) is 15.1. The van der Waals surface area contributed by atoms with E-state index in [4.69, 9.17) is 16.3 Å². The van der Waals surface area contributed by atoms with Gasteiger partial charge in [0.25, 0.3) is 0 Å². The van der Waals surface area contributed by atoms with Crippen molar-refractivity contribution in [3.63, 3.8) is 0 Å². The first kappa shape index (κ1) is 18.1. The molecule has 0 spiro atoms. The molecule has 1 aromatic rings. The number of amides is 1. The number of hydrogen-bond donors (Lipinski definition) is 2. The van der Waals surface area contributed by atoms with Gasteiger partial charge in [0.1, 0.15) is 5.75 Å². The Morgan fingerprint density at radius 1 is 1.43 bits per heavy atom. The number of carbonyl (C=O) groups excluding carboxylic acids is 1. The molecule has 1 aliphatic rings. The van der Waals surface area contributed by atoms with Crippen molar-refractivity contribution in [3.8, 4) is 5.75 Å². The number of piperidine rings is 1. The molecule has 0 bridgehead atoms. The van der Waals surface area contributed by atoms with Crippen LogP contribution >= 0.6 is 24.0 Å². The van der Waals surface area contributed by atoms with Crippen molar-refractivity contribution in [2.24, 2.45) is 5.92 Å². The third kappa shape index (κ3) is 5.73. The van der Waals surface area contributed by atoms with Crippen molar-refractivity contribution in [3.05, 3.63) is 23.2 Å². The number of hydrogen-bond acceptors (Lipinski definition) is 3. The maximum Gasteiger partial charge on any atom is 0.224 e. The summed E-state index contributed by atoms with van der Waals surface area (Å²) in [6, 6.07) is 5.26. The van der Waals surface area contributed by atoms with Gasteiger partial charge in [0.2, 0.25) is 5.91 Å². The number of methoxy groups -OCH3 is 1. The summed E-state index contributed by atoms with van der Waals surface area (Å²) in [5.41, 5.74) is 0.714. The molecule has 2 rings (SSSR count).